The Hall–Kier alpha value is -3.15. The number of carbonyl (C=O) groups excluding carboxylic acids is 1. The highest BCUT2D eigenvalue weighted by atomic mass is 32.2. The number of alkyl halides is 3. The molecule has 0 aliphatic rings. The normalized spacial score (nSPS) is 12.1. The summed E-state index contributed by atoms with van der Waals surface area (Å²) in [6.07, 6.45) is -1.20. The summed E-state index contributed by atoms with van der Waals surface area (Å²) in [5, 5.41) is 2.53. The zero-order chi connectivity index (χ0) is 24.8. The monoisotopic (exact) mass is 488 g/mol. The molecule has 0 saturated heterocycles. The summed E-state index contributed by atoms with van der Waals surface area (Å²) >= 11 is 0. The van der Waals surface area contributed by atoms with Crippen LogP contribution in [0.15, 0.2) is 36.4 Å². The van der Waals surface area contributed by atoms with E-state index in [2.05, 4.69) is 10.3 Å². The van der Waals surface area contributed by atoms with Crippen LogP contribution >= 0.6 is 0 Å². The fourth-order valence-electron chi connectivity index (χ4n) is 2.89. The Morgan fingerprint density at radius 2 is 1.82 bits per heavy atom. The van der Waals surface area contributed by atoms with Crippen molar-refractivity contribution in [3.8, 4) is 0 Å². The van der Waals surface area contributed by atoms with E-state index in [1.807, 2.05) is 4.72 Å². The highest BCUT2D eigenvalue weighted by Gasteiger charge is 2.33. The molecule has 2 N–H and O–H groups in total. The molecule has 0 unspecified atom stereocenters. The molecule has 1 aromatic heterocycles. The first-order valence-corrected chi connectivity index (χ1v) is 11.8. The Morgan fingerprint density at radius 1 is 1.15 bits per heavy atom. The Balaban J connectivity index is 2.13. The Bertz CT molecular complexity index is 1130. The molecule has 2 aromatic rings. The van der Waals surface area contributed by atoms with Gasteiger partial charge in [-0.1, -0.05) is 6.07 Å². The third-order valence-electron chi connectivity index (χ3n) is 4.47. The number of benzene rings is 1. The summed E-state index contributed by atoms with van der Waals surface area (Å²) < 4.78 is 77.7. The molecule has 12 heteroatoms. The van der Waals surface area contributed by atoms with E-state index >= 15 is 0 Å². The predicted molar refractivity (Wildman–Crippen MR) is 119 cm³/mol. The van der Waals surface area contributed by atoms with Gasteiger partial charge < -0.3 is 10.2 Å². The molecule has 2 rings (SSSR count). The molecule has 1 amide bonds. The molecule has 0 radical (unpaired) electrons. The molecule has 0 saturated carbocycles. The van der Waals surface area contributed by atoms with Crippen LogP contribution in [0, 0.1) is 5.82 Å². The van der Waals surface area contributed by atoms with Crippen LogP contribution < -0.4 is 14.9 Å². The quantitative estimate of drug-likeness (QED) is 0.414. The molecule has 0 fully saturated rings. The lowest BCUT2D eigenvalue weighted by Gasteiger charge is -2.23. The van der Waals surface area contributed by atoms with Crippen molar-refractivity contribution in [1.82, 2.24) is 10.3 Å². The third-order valence-corrected chi connectivity index (χ3v) is 5.06. The second-order valence-corrected chi connectivity index (χ2v) is 8.77. The fourth-order valence-corrected chi connectivity index (χ4v) is 3.45. The van der Waals surface area contributed by atoms with Gasteiger partial charge in [0.15, 0.2) is 0 Å². The number of nitrogens with one attached hydrogen (secondary N) is 2. The van der Waals surface area contributed by atoms with Crippen molar-refractivity contribution in [2.45, 2.75) is 26.6 Å². The summed E-state index contributed by atoms with van der Waals surface area (Å²) in [6.45, 7) is 4.36. The van der Waals surface area contributed by atoms with Gasteiger partial charge in [-0.05, 0) is 49.8 Å². The van der Waals surface area contributed by atoms with E-state index < -0.39 is 33.6 Å². The number of anilines is 2. The van der Waals surface area contributed by atoms with E-state index in [9.17, 15) is 30.8 Å². The lowest BCUT2D eigenvalue weighted by Crippen LogP contribution is -2.25. The lowest BCUT2D eigenvalue weighted by molar-refractivity contribution is -0.141. The van der Waals surface area contributed by atoms with Crippen LogP contribution in [0.1, 0.15) is 30.7 Å². The van der Waals surface area contributed by atoms with E-state index in [0.717, 1.165) is 24.5 Å². The van der Waals surface area contributed by atoms with Gasteiger partial charge in [0.2, 0.25) is 15.9 Å². The topological polar surface area (TPSA) is 91.4 Å². The van der Waals surface area contributed by atoms with E-state index in [1.165, 1.54) is 24.3 Å². The second-order valence-electron chi connectivity index (χ2n) is 7.02. The Morgan fingerprint density at radius 3 is 2.36 bits per heavy atom. The van der Waals surface area contributed by atoms with Crippen molar-refractivity contribution >= 4 is 33.5 Å². The average Bonchev–Trinajstić information content (AvgIpc) is 2.72. The van der Waals surface area contributed by atoms with E-state index in [4.69, 9.17) is 0 Å². The summed E-state index contributed by atoms with van der Waals surface area (Å²) in [4.78, 5) is 17.5. The first-order valence-electron chi connectivity index (χ1n) is 9.89. The number of pyridine rings is 1. The second kappa shape index (κ2) is 10.6. The fraction of sp³-hybridized carbons (Fsp3) is 0.333. The number of sulfonamides is 1. The minimum atomic E-state index is -4.59. The summed E-state index contributed by atoms with van der Waals surface area (Å²) in [6, 6.07) is 5.85. The molecule has 7 nitrogen and oxygen atoms in total. The minimum absolute atomic E-state index is 0.0482. The number of hydrogen-bond donors (Lipinski definition) is 2. The SMILES string of the molecule is CCN(CC)c1nc(C(F)(F)F)ccc1/C=C/C(=O)NCc1ccc(NS(C)(=O)=O)c(F)c1. The van der Waals surface area contributed by atoms with E-state index in [1.54, 1.807) is 18.7 Å². The van der Waals surface area contributed by atoms with E-state index in [0.29, 0.717) is 24.2 Å². The minimum Gasteiger partial charge on any atom is -0.357 e. The lowest BCUT2D eigenvalue weighted by atomic mass is 10.2. The van der Waals surface area contributed by atoms with Gasteiger partial charge in [0.05, 0.1) is 11.9 Å². The van der Waals surface area contributed by atoms with Crippen LogP contribution in [0.2, 0.25) is 0 Å². The maximum absolute atomic E-state index is 14.0. The number of aromatic nitrogens is 1. The zero-order valence-corrected chi connectivity index (χ0v) is 19.0. The molecule has 0 aliphatic carbocycles. The molecule has 0 bridgehead atoms. The van der Waals surface area contributed by atoms with Gasteiger partial charge in [0, 0.05) is 31.3 Å². The molecule has 1 aromatic carbocycles. The summed E-state index contributed by atoms with van der Waals surface area (Å²) in [7, 11) is -3.64. The van der Waals surface area contributed by atoms with Gasteiger partial charge in [0.1, 0.15) is 17.3 Å². The molecular weight excluding hydrogens is 464 g/mol. The van der Waals surface area contributed by atoms with Gasteiger partial charge in [-0.15, -0.1) is 0 Å². The van der Waals surface area contributed by atoms with Crippen molar-refractivity contribution in [2.75, 3.05) is 29.0 Å². The van der Waals surface area contributed by atoms with Crippen LogP contribution in [-0.4, -0.2) is 38.7 Å². The number of nitrogens with zero attached hydrogens (tertiary/aromatic N) is 2. The smallest absolute Gasteiger partial charge is 0.357 e. The number of amides is 1. The highest BCUT2D eigenvalue weighted by molar-refractivity contribution is 7.92. The van der Waals surface area contributed by atoms with Crippen LogP contribution in [0.5, 0.6) is 0 Å². The molecule has 1 heterocycles. The third kappa shape index (κ3) is 7.74. The van der Waals surface area contributed by atoms with Crippen molar-refractivity contribution in [1.29, 1.82) is 0 Å². The molecule has 0 aliphatic heterocycles. The van der Waals surface area contributed by atoms with E-state index in [-0.39, 0.29) is 18.1 Å². The van der Waals surface area contributed by atoms with Gasteiger partial charge in [-0.3, -0.25) is 9.52 Å². The van der Waals surface area contributed by atoms with Crippen molar-refractivity contribution < 1.29 is 30.8 Å². The number of rotatable bonds is 9. The number of halogens is 4. The average molecular weight is 489 g/mol. The Labute approximate surface area is 189 Å². The van der Waals surface area contributed by atoms with Gasteiger partial charge in [-0.2, -0.15) is 13.2 Å². The standard InChI is InChI=1S/C21H24F4N4O3S/c1-4-29(5-2)20-15(7-10-18(27-20)21(23,24)25)8-11-19(30)26-13-14-6-9-17(16(22)12-14)28-33(3,31)32/h6-12,28H,4-5,13H2,1-3H3,(H,26,30)/b11-8+. The molecule has 180 valence electrons. The highest BCUT2D eigenvalue weighted by Crippen LogP contribution is 2.31. The molecule has 0 spiro atoms. The summed E-state index contributed by atoms with van der Waals surface area (Å²) in [5.41, 5.74) is -0.523. The zero-order valence-electron chi connectivity index (χ0n) is 18.2. The van der Waals surface area contributed by atoms with Gasteiger partial charge >= 0.3 is 6.18 Å². The Kier molecular flexibility index (Phi) is 8.42. The first-order chi connectivity index (χ1) is 15.3. The molecular formula is C21H24F4N4O3S. The predicted octanol–water partition coefficient (Wildman–Crippen LogP) is 3.79. The van der Waals surface area contributed by atoms with Gasteiger partial charge in [-0.25, -0.2) is 17.8 Å². The van der Waals surface area contributed by atoms with Gasteiger partial charge in [0.25, 0.3) is 0 Å². The van der Waals surface area contributed by atoms with Crippen LogP contribution in [0.4, 0.5) is 29.1 Å². The first kappa shape index (κ1) is 26.1. The van der Waals surface area contributed by atoms with Crippen molar-refractivity contribution in [2.24, 2.45) is 0 Å². The molecule has 0 atom stereocenters. The van der Waals surface area contributed by atoms with Crippen molar-refractivity contribution in [3.63, 3.8) is 0 Å². The number of hydrogen-bond acceptors (Lipinski definition) is 5. The summed E-state index contributed by atoms with van der Waals surface area (Å²) in [5.74, 6) is -1.25. The van der Waals surface area contributed by atoms with Crippen LogP contribution in [0.3, 0.4) is 0 Å². The van der Waals surface area contributed by atoms with Crippen LogP contribution in [-0.2, 0) is 27.5 Å². The maximum Gasteiger partial charge on any atom is 0.433 e. The van der Waals surface area contributed by atoms with Crippen molar-refractivity contribution in [3.05, 3.63) is 59.0 Å². The largest absolute Gasteiger partial charge is 0.433 e. The molecule has 33 heavy (non-hydrogen) atoms. The van der Waals surface area contributed by atoms with Crippen LogP contribution in [0.25, 0.3) is 6.08 Å². The maximum atomic E-state index is 14.0. The number of carbonyl (C=O) groups is 1.